The van der Waals surface area contributed by atoms with Crippen molar-refractivity contribution >= 4 is 17.3 Å². The van der Waals surface area contributed by atoms with Crippen LogP contribution >= 0.6 is 0 Å². The van der Waals surface area contributed by atoms with Gasteiger partial charge in [-0.1, -0.05) is 62.4 Å². The van der Waals surface area contributed by atoms with E-state index in [1.165, 1.54) is 5.56 Å². The van der Waals surface area contributed by atoms with Crippen LogP contribution in [0.5, 0.6) is 11.5 Å². The highest BCUT2D eigenvalue weighted by Gasteiger charge is 2.07. The molecule has 0 heterocycles. The van der Waals surface area contributed by atoms with E-state index in [0.717, 1.165) is 30.0 Å². The Hall–Kier alpha value is -3.47. The number of carbonyl (C=O) groups is 1. The molecule has 5 nitrogen and oxygen atoms in total. The summed E-state index contributed by atoms with van der Waals surface area (Å²) in [5, 5.41) is 6.09. The summed E-state index contributed by atoms with van der Waals surface area (Å²) in [5.74, 6) is 1.80. The molecular weight excluding hydrogens is 400 g/mol. The van der Waals surface area contributed by atoms with Gasteiger partial charge in [-0.25, -0.2) is 0 Å². The lowest BCUT2D eigenvalue weighted by Crippen LogP contribution is -2.22. The summed E-state index contributed by atoms with van der Waals surface area (Å²) >= 11 is 0. The van der Waals surface area contributed by atoms with E-state index in [0.29, 0.717) is 24.8 Å². The van der Waals surface area contributed by atoms with Gasteiger partial charge in [-0.15, -0.1) is 0 Å². The van der Waals surface area contributed by atoms with Crippen molar-refractivity contribution in [2.24, 2.45) is 5.92 Å². The van der Waals surface area contributed by atoms with Crippen molar-refractivity contribution in [1.82, 2.24) is 0 Å². The number of rotatable bonds is 12. The number of hydrogen-bond donors (Lipinski definition) is 2. The fraction of sp³-hybridized carbons (Fsp3) is 0.296. The largest absolute Gasteiger partial charge is 0.493 e. The summed E-state index contributed by atoms with van der Waals surface area (Å²) in [6.45, 7) is 5.59. The first-order valence-corrected chi connectivity index (χ1v) is 11.1. The average molecular weight is 433 g/mol. The molecule has 0 radical (unpaired) electrons. The minimum Gasteiger partial charge on any atom is -0.493 e. The van der Waals surface area contributed by atoms with E-state index in [1.807, 2.05) is 54.6 Å². The Bertz CT molecular complexity index is 973. The lowest BCUT2D eigenvalue weighted by Gasteiger charge is -2.14. The first-order chi connectivity index (χ1) is 15.6. The highest BCUT2D eigenvalue weighted by molar-refractivity contribution is 5.94. The number of benzene rings is 3. The van der Waals surface area contributed by atoms with E-state index < -0.39 is 0 Å². The van der Waals surface area contributed by atoms with E-state index in [1.54, 1.807) is 0 Å². The lowest BCUT2D eigenvalue weighted by atomic mass is 10.1. The molecule has 5 heteroatoms. The topological polar surface area (TPSA) is 59.6 Å². The first kappa shape index (κ1) is 23.2. The normalized spacial score (nSPS) is 10.6. The van der Waals surface area contributed by atoms with Crippen molar-refractivity contribution in [2.75, 3.05) is 30.4 Å². The summed E-state index contributed by atoms with van der Waals surface area (Å²) < 4.78 is 11.7. The lowest BCUT2D eigenvalue weighted by molar-refractivity contribution is -0.114. The number of anilines is 2. The minimum atomic E-state index is -0.134. The molecule has 0 spiro atoms. The van der Waals surface area contributed by atoms with Gasteiger partial charge in [0, 0.05) is 11.8 Å². The molecule has 0 unspecified atom stereocenters. The molecule has 0 aliphatic carbocycles. The summed E-state index contributed by atoms with van der Waals surface area (Å²) in [6, 6.07) is 25.5. The summed E-state index contributed by atoms with van der Waals surface area (Å²) in [6.07, 6.45) is 1.90. The van der Waals surface area contributed by atoms with E-state index in [2.05, 4.69) is 48.7 Å². The van der Waals surface area contributed by atoms with Gasteiger partial charge in [0.2, 0.25) is 5.91 Å². The maximum atomic E-state index is 12.4. The Morgan fingerprint density at radius 2 is 1.69 bits per heavy atom. The molecule has 168 valence electrons. The molecule has 0 saturated heterocycles. The van der Waals surface area contributed by atoms with Gasteiger partial charge >= 0.3 is 0 Å². The van der Waals surface area contributed by atoms with Crippen LogP contribution in [0.2, 0.25) is 0 Å². The number of carbonyl (C=O) groups excluding carboxylic acids is 1. The molecular formula is C27H32N2O3. The molecule has 32 heavy (non-hydrogen) atoms. The number of nitrogens with one attached hydrogen (secondary N) is 2. The molecule has 0 saturated carbocycles. The van der Waals surface area contributed by atoms with Crippen molar-refractivity contribution in [3.8, 4) is 11.5 Å². The van der Waals surface area contributed by atoms with Crippen LogP contribution in [-0.4, -0.2) is 25.7 Å². The SMILES string of the molecule is CC(C)COc1cccc(NC(=O)CNc2ccccc2OCCCc2ccccc2)c1. The predicted octanol–water partition coefficient (Wildman–Crippen LogP) is 5.78. The van der Waals surface area contributed by atoms with Gasteiger partial charge in [0.15, 0.2) is 0 Å². The standard InChI is InChI=1S/C27H32N2O3/c1-21(2)20-32-24-14-8-13-23(18-24)29-27(30)19-28-25-15-6-7-16-26(25)31-17-9-12-22-10-4-3-5-11-22/h3-8,10-11,13-16,18,21,28H,9,12,17,19-20H2,1-2H3,(H,29,30). The Labute approximate surface area is 190 Å². The number of ether oxygens (including phenoxy) is 2. The maximum absolute atomic E-state index is 12.4. The van der Waals surface area contributed by atoms with Crippen molar-refractivity contribution in [3.05, 3.63) is 84.4 Å². The molecule has 0 aromatic heterocycles. The van der Waals surface area contributed by atoms with E-state index in [-0.39, 0.29) is 12.5 Å². The fourth-order valence-corrected chi connectivity index (χ4v) is 3.15. The van der Waals surface area contributed by atoms with Crippen LogP contribution in [0.1, 0.15) is 25.8 Å². The monoisotopic (exact) mass is 432 g/mol. The van der Waals surface area contributed by atoms with Gasteiger partial charge in [0.1, 0.15) is 11.5 Å². The molecule has 1 amide bonds. The zero-order valence-electron chi connectivity index (χ0n) is 18.8. The summed E-state index contributed by atoms with van der Waals surface area (Å²) in [7, 11) is 0. The van der Waals surface area contributed by atoms with Crippen molar-refractivity contribution in [1.29, 1.82) is 0 Å². The molecule has 3 aromatic rings. The van der Waals surface area contributed by atoms with E-state index in [4.69, 9.17) is 9.47 Å². The smallest absolute Gasteiger partial charge is 0.243 e. The maximum Gasteiger partial charge on any atom is 0.243 e. The van der Waals surface area contributed by atoms with Crippen molar-refractivity contribution < 1.29 is 14.3 Å². The summed E-state index contributed by atoms with van der Waals surface area (Å²) in [4.78, 5) is 12.4. The molecule has 2 N–H and O–H groups in total. The van der Waals surface area contributed by atoms with Gasteiger partial charge in [0.25, 0.3) is 0 Å². The molecule has 0 fully saturated rings. The Kier molecular flexibility index (Phi) is 8.99. The highest BCUT2D eigenvalue weighted by atomic mass is 16.5. The third-order valence-corrected chi connectivity index (χ3v) is 4.74. The second-order valence-electron chi connectivity index (χ2n) is 8.07. The molecule has 0 aliphatic rings. The van der Waals surface area contributed by atoms with Gasteiger partial charge in [-0.2, -0.15) is 0 Å². The minimum absolute atomic E-state index is 0.134. The van der Waals surface area contributed by atoms with Crippen molar-refractivity contribution in [3.63, 3.8) is 0 Å². The number of aryl methyl sites for hydroxylation is 1. The number of para-hydroxylation sites is 2. The second-order valence-corrected chi connectivity index (χ2v) is 8.07. The third kappa shape index (κ3) is 7.99. The third-order valence-electron chi connectivity index (χ3n) is 4.74. The van der Waals surface area contributed by atoms with Crippen LogP contribution in [0.25, 0.3) is 0 Å². The molecule has 3 aromatic carbocycles. The van der Waals surface area contributed by atoms with E-state index >= 15 is 0 Å². The first-order valence-electron chi connectivity index (χ1n) is 11.1. The predicted molar refractivity (Wildman–Crippen MR) is 131 cm³/mol. The fourth-order valence-electron chi connectivity index (χ4n) is 3.15. The van der Waals surface area contributed by atoms with Crippen LogP contribution < -0.4 is 20.1 Å². The van der Waals surface area contributed by atoms with Crippen LogP contribution in [0, 0.1) is 5.92 Å². The molecule has 0 aliphatic heterocycles. The number of hydrogen-bond acceptors (Lipinski definition) is 4. The molecule has 0 bridgehead atoms. The molecule has 0 atom stereocenters. The zero-order chi connectivity index (χ0) is 22.6. The van der Waals surface area contributed by atoms with Crippen LogP contribution in [0.3, 0.4) is 0 Å². The molecule has 3 rings (SSSR count). The quantitative estimate of drug-likeness (QED) is 0.356. The van der Waals surface area contributed by atoms with Gasteiger partial charge in [0.05, 0.1) is 25.4 Å². The van der Waals surface area contributed by atoms with Gasteiger partial charge in [-0.05, 0) is 48.6 Å². The van der Waals surface area contributed by atoms with Crippen LogP contribution in [0.15, 0.2) is 78.9 Å². The summed E-state index contributed by atoms with van der Waals surface area (Å²) in [5.41, 5.74) is 2.82. The van der Waals surface area contributed by atoms with Crippen LogP contribution in [0.4, 0.5) is 11.4 Å². The Morgan fingerprint density at radius 3 is 2.50 bits per heavy atom. The van der Waals surface area contributed by atoms with Gasteiger partial charge < -0.3 is 20.1 Å². The van der Waals surface area contributed by atoms with Gasteiger partial charge in [-0.3, -0.25) is 4.79 Å². The average Bonchev–Trinajstić information content (AvgIpc) is 2.81. The second kappa shape index (κ2) is 12.4. The zero-order valence-corrected chi connectivity index (χ0v) is 18.8. The van der Waals surface area contributed by atoms with E-state index in [9.17, 15) is 4.79 Å². The van der Waals surface area contributed by atoms with Crippen LogP contribution in [-0.2, 0) is 11.2 Å². The highest BCUT2D eigenvalue weighted by Crippen LogP contribution is 2.24. The Morgan fingerprint density at radius 1 is 0.906 bits per heavy atom. The number of amides is 1. The van der Waals surface area contributed by atoms with Crippen molar-refractivity contribution in [2.45, 2.75) is 26.7 Å². The Balaban J connectivity index is 1.46.